The van der Waals surface area contributed by atoms with Gasteiger partial charge in [0, 0.05) is 23.3 Å². The molecule has 0 N–H and O–H groups in total. The molecule has 2 nitrogen and oxygen atoms in total. The molecule has 2 aliphatic rings. The third-order valence-electron chi connectivity index (χ3n) is 4.25. The van der Waals surface area contributed by atoms with Crippen LogP contribution in [0.3, 0.4) is 0 Å². The van der Waals surface area contributed by atoms with Crippen molar-refractivity contribution < 1.29 is 4.79 Å². The van der Waals surface area contributed by atoms with Crippen molar-refractivity contribution in [3.05, 3.63) is 21.4 Å². The van der Waals surface area contributed by atoms with Gasteiger partial charge in [-0.1, -0.05) is 22.4 Å². The quantitative estimate of drug-likeness (QED) is 0.590. The summed E-state index contributed by atoms with van der Waals surface area (Å²) in [6.07, 6.45) is 7.40. The molecule has 2 heterocycles. The van der Waals surface area contributed by atoms with Crippen molar-refractivity contribution in [1.82, 2.24) is 4.90 Å². The van der Waals surface area contributed by atoms with Crippen molar-refractivity contribution in [2.45, 2.75) is 38.5 Å². The average Bonchev–Trinajstić information content (AvgIpc) is 3.00. The Morgan fingerprint density at radius 2 is 2.21 bits per heavy atom. The number of amides is 1. The molecule has 1 aromatic rings. The number of nitrogens with zero attached hydrogens (tertiary/aromatic N) is 1. The number of rotatable bonds is 2. The Kier molecular flexibility index (Phi) is 4.27. The summed E-state index contributed by atoms with van der Waals surface area (Å²) in [6, 6.07) is 2.18. The van der Waals surface area contributed by atoms with Gasteiger partial charge in [-0.3, -0.25) is 4.79 Å². The van der Waals surface area contributed by atoms with E-state index in [0.717, 1.165) is 29.7 Å². The highest BCUT2D eigenvalue weighted by molar-refractivity contribution is 9.09. The maximum absolute atomic E-state index is 12.5. The molecule has 1 aromatic heterocycles. The lowest BCUT2D eigenvalue weighted by Gasteiger charge is -2.14. The largest absolute Gasteiger partial charge is 0.338 e. The number of thiophene rings is 1. The van der Waals surface area contributed by atoms with E-state index >= 15 is 0 Å². The Labute approximate surface area is 127 Å². The highest BCUT2D eigenvalue weighted by Crippen LogP contribution is 2.31. The van der Waals surface area contributed by atoms with Gasteiger partial charge in [-0.25, -0.2) is 0 Å². The molecule has 1 amide bonds. The number of carbonyl (C=O) groups is 1. The molecular formula is C15H20BrNOS. The lowest BCUT2D eigenvalue weighted by atomic mass is 10.1. The second kappa shape index (κ2) is 5.96. The van der Waals surface area contributed by atoms with Gasteiger partial charge in [0.1, 0.15) is 0 Å². The van der Waals surface area contributed by atoms with Crippen LogP contribution in [0.1, 0.15) is 45.8 Å². The number of carbonyl (C=O) groups excluding carboxylic acids is 1. The van der Waals surface area contributed by atoms with Crippen LogP contribution in [-0.4, -0.2) is 29.2 Å². The van der Waals surface area contributed by atoms with E-state index in [0.29, 0.717) is 5.92 Å². The molecule has 19 heavy (non-hydrogen) atoms. The molecule has 1 atom stereocenters. The molecular weight excluding hydrogens is 322 g/mol. The third-order valence-corrected chi connectivity index (χ3v) is 6.39. The highest BCUT2D eigenvalue weighted by Gasteiger charge is 2.27. The zero-order valence-electron chi connectivity index (χ0n) is 11.2. The van der Waals surface area contributed by atoms with Gasteiger partial charge in [0.05, 0.1) is 4.88 Å². The number of halogens is 1. The molecule has 3 rings (SSSR count). The van der Waals surface area contributed by atoms with Gasteiger partial charge in [-0.15, -0.1) is 11.3 Å². The molecule has 0 aromatic carbocycles. The Morgan fingerprint density at radius 3 is 3.00 bits per heavy atom. The summed E-state index contributed by atoms with van der Waals surface area (Å²) in [5.74, 6) is 0.906. The van der Waals surface area contributed by atoms with Gasteiger partial charge in [-0.2, -0.15) is 0 Å². The second-order valence-corrected chi connectivity index (χ2v) is 7.46. The van der Waals surface area contributed by atoms with E-state index in [2.05, 4.69) is 22.0 Å². The zero-order chi connectivity index (χ0) is 13.2. The number of alkyl halides is 1. The van der Waals surface area contributed by atoms with Crippen LogP contribution in [0.2, 0.25) is 0 Å². The van der Waals surface area contributed by atoms with E-state index in [4.69, 9.17) is 0 Å². The fourth-order valence-corrected chi connectivity index (χ4v) is 4.82. The summed E-state index contributed by atoms with van der Waals surface area (Å²) in [5, 5.41) is 1.01. The summed E-state index contributed by atoms with van der Waals surface area (Å²) in [4.78, 5) is 17.0. The summed E-state index contributed by atoms with van der Waals surface area (Å²) in [5.41, 5.74) is 1.45. The highest BCUT2D eigenvalue weighted by atomic mass is 79.9. The standard InChI is InChI=1S/C15H20BrNOS/c16-9-11-6-7-17(10-11)15(18)14-8-12-4-2-1-3-5-13(12)19-14/h8,11H,1-7,9-10H2. The van der Waals surface area contributed by atoms with Crippen LogP contribution in [0.15, 0.2) is 6.07 Å². The maximum Gasteiger partial charge on any atom is 0.263 e. The predicted molar refractivity (Wildman–Crippen MR) is 83.4 cm³/mol. The lowest BCUT2D eigenvalue weighted by Crippen LogP contribution is -2.28. The van der Waals surface area contributed by atoms with Gasteiger partial charge in [0.15, 0.2) is 0 Å². The first-order chi connectivity index (χ1) is 9.28. The van der Waals surface area contributed by atoms with Crippen molar-refractivity contribution in [1.29, 1.82) is 0 Å². The summed E-state index contributed by atoms with van der Waals surface area (Å²) in [6.45, 7) is 1.85. The monoisotopic (exact) mass is 341 g/mol. The van der Waals surface area contributed by atoms with E-state index in [9.17, 15) is 4.79 Å². The predicted octanol–water partition coefficient (Wildman–Crippen LogP) is 3.87. The minimum Gasteiger partial charge on any atom is -0.338 e. The molecule has 4 heteroatoms. The van der Waals surface area contributed by atoms with Gasteiger partial charge >= 0.3 is 0 Å². The molecule has 0 spiro atoms. The SMILES string of the molecule is O=C(c1cc2c(s1)CCCCC2)N1CCC(CBr)C1. The van der Waals surface area contributed by atoms with Gasteiger partial charge in [-0.05, 0) is 49.7 Å². The topological polar surface area (TPSA) is 20.3 Å². The summed E-state index contributed by atoms with van der Waals surface area (Å²) >= 11 is 5.28. The Balaban J connectivity index is 1.74. The van der Waals surface area contributed by atoms with Crippen LogP contribution >= 0.6 is 27.3 Å². The third kappa shape index (κ3) is 2.89. The van der Waals surface area contributed by atoms with Crippen molar-refractivity contribution in [3.8, 4) is 0 Å². The first-order valence-corrected chi connectivity index (χ1v) is 9.18. The minimum absolute atomic E-state index is 0.265. The van der Waals surface area contributed by atoms with Gasteiger partial charge in [0.25, 0.3) is 5.91 Å². The number of fused-ring (bicyclic) bond motifs is 1. The van der Waals surface area contributed by atoms with Crippen molar-refractivity contribution >= 4 is 33.2 Å². The van der Waals surface area contributed by atoms with E-state index in [1.807, 2.05) is 4.90 Å². The fraction of sp³-hybridized carbons (Fsp3) is 0.667. The van der Waals surface area contributed by atoms with Crippen molar-refractivity contribution in [2.24, 2.45) is 5.92 Å². The molecule has 104 valence electrons. The van der Waals surface area contributed by atoms with E-state index < -0.39 is 0 Å². The Hall–Kier alpha value is -0.350. The number of hydrogen-bond acceptors (Lipinski definition) is 2. The molecule has 1 aliphatic carbocycles. The molecule has 1 saturated heterocycles. The number of likely N-dealkylation sites (tertiary alicyclic amines) is 1. The molecule has 1 aliphatic heterocycles. The summed E-state index contributed by atoms with van der Waals surface area (Å²) in [7, 11) is 0. The van der Waals surface area contributed by atoms with Gasteiger partial charge in [0.2, 0.25) is 0 Å². The van der Waals surface area contributed by atoms with E-state index in [1.165, 1.54) is 42.5 Å². The van der Waals surface area contributed by atoms with Crippen LogP contribution in [0.4, 0.5) is 0 Å². The van der Waals surface area contributed by atoms with Gasteiger partial charge < -0.3 is 4.90 Å². The molecule has 1 fully saturated rings. The number of aryl methyl sites for hydroxylation is 2. The zero-order valence-corrected chi connectivity index (χ0v) is 13.6. The van der Waals surface area contributed by atoms with Crippen LogP contribution in [0, 0.1) is 5.92 Å². The van der Waals surface area contributed by atoms with Crippen molar-refractivity contribution in [3.63, 3.8) is 0 Å². The summed E-state index contributed by atoms with van der Waals surface area (Å²) < 4.78 is 0. The normalized spacial score (nSPS) is 23.2. The first kappa shape index (κ1) is 13.6. The first-order valence-electron chi connectivity index (χ1n) is 7.24. The molecule has 1 unspecified atom stereocenters. The number of hydrogen-bond donors (Lipinski definition) is 0. The fourth-order valence-electron chi connectivity index (χ4n) is 3.07. The maximum atomic E-state index is 12.5. The van der Waals surface area contributed by atoms with Crippen LogP contribution in [0.5, 0.6) is 0 Å². The van der Waals surface area contributed by atoms with E-state index in [-0.39, 0.29) is 5.91 Å². The molecule has 0 radical (unpaired) electrons. The molecule has 0 bridgehead atoms. The lowest BCUT2D eigenvalue weighted by molar-refractivity contribution is 0.0793. The second-order valence-electron chi connectivity index (χ2n) is 5.68. The average molecular weight is 342 g/mol. The Morgan fingerprint density at radius 1 is 1.37 bits per heavy atom. The van der Waals surface area contributed by atoms with Crippen LogP contribution in [-0.2, 0) is 12.8 Å². The minimum atomic E-state index is 0.265. The van der Waals surface area contributed by atoms with Crippen LogP contribution < -0.4 is 0 Å². The smallest absolute Gasteiger partial charge is 0.263 e. The van der Waals surface area contributed by atoms with Crippen LogP contribution in [0.25, 0.3) is 0 Å². The van der Waals surface area contributed by atoms with Crippen molar-refractivity contribution in [2.75, 3.05) is 18.4 Å². The van der Waals surface area contributed by atoms with E-state index in [1.54, 1.807) is 11.3 Å². The molecule has 0 saturated carbocycles. The Bertz CT molecular complexity index is 447.